The monoisotopic (exact) mass is 416 g/mol. The first-order chi connectivity index (χ1) is 10.4. The first kappa shape index (κ1) is 17.5. The lowest BCUT2D eigenvalue weighted by Gasteiger charge is -2.43. The van der Waals surface area contributed by atoms with Gasteiger partial charge in [0.05, 0.1) is 0 Å². The van der Waals surface area contributed by atoms with Crippen molar-refractivity contribution in [2.45, 2.75) is 39.2 Å². The summed E-state index contributed by atoms with van der Waals surface area (Å²) in [5, 5.41) is 3.00. The third kappa shape index (κ3) is 5.12. The molecule has 0 radical (unpaired) electrons. The van der Waals surface area contributed by atoms with Crippen LogP contribution in [0.5, 0.6) is 0 Å². The van der Waals surface area contributed by atoms with Crippen molar-refractivity contribution >= 4 is 34.6 Å². The summed E-state index contributed by atoms with van der Waals surface area (Å²) in [6.07, 6.45) is 5.79. The van der Waals surface area contributed by atoms with Crippen molar-refractivity contribution in [2.75, 3.05) is 19.6 Å². The van der Waals surface area contributed by atoms with Gasteiger partial charge in [0.1, 0.15) is 5.76 Å². The Kier molecular flexibility index (Phi) is 6.09. The summed E-state index contributed by atoms with van der Waals surface area (Å²) in [5.74, 6) is 1.36. The lowest BCUT2D eigenvalue weighted by Crippen LogP contribution is -2.54. The topological polar surface area (TPSA) is 45.5 Å². The number of hydrogen-bond acceptors (Lipinski definition) is 3. The second-order valence-electron chi connectivity index (χ2n) is 6.70. The van der Waals surface area contributed by atoms with E-state index in [9.17, 15) is 4.79 Å². The van der Waals surface area contributed by atoms with Gasteiger partial charge in [-0.25, -0.2) is 0 Å². The normalized spacial score (nSPS) is 20.5. The molecule has 1 N–H and O–H groups in total. The molecule has 1 atom stereocenters. The van der Waals surface area contributed by atoms with Crippen LogP contribution in [-0.4, -0.2) is 36.0 Å². The Morgan fingerprint density at radius 3 is 2.95 bits per heavy atom. The number of nitrogens with one attached hydrogen (secondary N) is 1. The summed E-state index contributed by atoms with van der Waals surface area (Å²) < 4.78 is 6.22. The SMILES string of the molecule is CC1CCCN(C(C)(C)CNC(=O)C=Cc2ccc(I)o2)C1. The Bertz CT molecular complexity index is 537. The van der Waals surface area contributed by atoms with E-state index in [1.807, 2.05) is 12.1 Å². The van der Waals surface area contributed by atoms with E-state index >= 15 is 0 Å². The first-order valence-corrected chi connectivity index (χ1v) is 8.91. The minimum atomic E-state index is -0.0791. The van der Waals surface area contributed by atoms with Crippen molar-refractivity contribution in [1.29, 1.82) is 0 Å². The van der Waals surface area contributed by atoms with Crippen molar-refractivity contribution < 1.29 is 9.21 Å². The van der Waals surface area contributed by atoms with Gasteiger partial charge < -0.3 is 9.73 Å². The van der Waals surface area contributed by atoms with Gasteiger partial charge >= 0.3 is 0 Å². The number of hydrogen-bond donors (Lipinski definition) is 1. The van der Waals surface area contributed by atoms with Gasteiger partial charge in [-0.2, -0.15) is 0 Å². The van der Waals surface area contributed by atoms with Gasteiger partial charge in [-0.15, -0.1) is 0 Å². The Morgan fingerprint density at radius 2 is 2.32 bits per heavy atom. The Hall–Kier alpha value is -0.820. The van der Waals surface area contributed by atoms with Gasteiger partial charge in [-0.1, -0.05) is 6.92 Å². The highest BCUT2D eigenvalue weighted by atomic mass is 127. The molecule has 1 aromatic rings. The molecule has 122 valence electrons. The average Bonchev–Trinajstić information content (AvgIpc) is 2.89. The van der Waals surface area contributed by atoms with Crippen molar-refractivity contribution in [2.24, 2.45) is 5.92 Å². The fraction of sp³-hybridized carbons (Fsp3) is 0.588. The molecule has 1 aromatic heterocycles. The zero-order valence-corrected chi connectivity index (χ0v) is 15.7. The molecular weight excluding hydrogens is 391 g/mol. The number of piperidine rings is 1. The zero-order valence-electron chi connectivity index (χ0n) is 13.6. The highest BCUT2D eigenvalue weighted by molar-refractivity contribution is 14.1. The van der Waals surface area contributed by atoms with Gasteiger partial charge in [0.15, 0.2) is 3.77 Å². The molecule has 1 aliphatic rings. The summed E-state index contributed by atoms with van der Waals surface area (Å²) in [6, 6.07) is 3.73. The van der Waals surface area contributed by atoms with E-state index in [1.165, 1.54) is 18.9 Å². The van der Waals surface area contributed by atoms with Gasteiger partial charge in [0.25, 0.3) is 0 Å². The molecule has 0 aliphatic carbocycles. The van der Waals surface area contributed by atoms with E-state index < -0.39 is 0 Å². The molecule has 1 amide bonds. The van der Waals surface area contributed by atoms with E-state index in [0.717, 1.165) is 22.8 Å². The standard InChI is InChI=1S/C17H25IN2O2/c1-13-5-4-10-20(11-13)17(2,3)12-19-16(21)9-7-14-6-8-15(18)22-14/h6-9,13H,4-5,10-12H2,1-3H3,(H,19,21). The molecule has 0 spiro atoms. The molecule has 0 saturated carbocycles. The number of nitrogens with zero attached hydrogens (tertiary/aromatic N) is 1. The first-order valence-electron chi connectivity index (χ1n) is 7.83. The molecule has 2 rings (SSSR count). The molecule has 0 aromatic carbocycles. The molecule has 5 heteroatoms. The molecule has 1 saturated heterocycles. The summed E-state index contributed by atoms with van der Waals surface area (Å²) in [7, 11) is 0. The second-order valence-corrected chi connectivity index (χ2v) is 7.76. The van der Waals surface area contributed by atoms with E-state index in [-0.39, 0.29) is 11.4 Å². The van der Waals surface area contributed by atoms with Gasteiger partial charge in [-0.3, -0.25) is 9.69 Å². The van der Waals surface area contributed by atoms with Crippen molar-refractivity contribution in [3.05, 3.63) is 27.7 Å². The average molecular weight is 416 g/mol. The van der Waals surface area contributed by atoms with Crippen molar-refractivity contribution in [1.82, 2.24) is 10.2 Å². The maximum atomic E-state index is 12.0. The van der Waals surface area contributed by atoms with Crippen molar-refractivity contribution in [3.63, 3.8) is 0 Å². The molecule has 1 aliphatic heterocycles. The van der Waals surface area contributed by atoms with Crippen LogP contribution in [0.3, 0.4) is 0 Å². The van der Waals surface area contributed by atoms with E-state index in [0.29, 0.717) is 12.3 Å². The number of carbonyl (C=O) groups is 1. The number of amides is 1. The van der Waals surface area contributed by atoms with Crippen LogP contribution in [0.4, 0.5) is 0 Å². The number of furan rings is 1. The van der Waals surface area contributed by atoms with Gasteiger partial charge in [-0.05, 0) is 80.0 Å². The lowest BCUT2D eigenvalue weighted by atomic mass is 9.93. The third-order valence-corrected chi connectivity index (χ3v) is 4.78. The van der Waals surface area contributed by atoms with Crippen LogP contribution in [0.25, 0.3) is 6.08 Å². The highest BCUT2D eigenvalue weighted by Crippen LogP contribution is 2.23. The van der Waals surface area contributed by atoms with Crippen LogP contribution in [0.1, 0.15) is 39.4 Å². The molecule has 2 heterocycles. The summed E-state index contributed by atoms with van der Waals surface area (Å²) in [5.41, 5.74) is -0.0156. The quantitative estimate of drug-likeness (QED) is 0.590. The Morgan fingerprint density at radius 1 is 1.55 bits per heavy atom. The summed E-state index contributed by atoms with van der Waals surface area (Å²) in [6.45, 7) is 9.58. The summed E-state index contributed by atoms with van der Waals surface area (Å²) in [4.78, 5) is 14.4. The van der Waals surface area contributed by atoms with E-state index in [4.69, 9.17) is 4.42 Å². The number of halogens is 1. The van der Waals surface area contributed by atoms with Crippen LogP contribution >= 0.6 is 22.6 Å². The van der Waals surface area contributed by atoms with Crippen LogP contribution in [0.2, 0.25) is 0 Å². The molecule has 1 unspecified atom stereocenters. The maximum Gasteiger partial charge on any atom is 0.244 e. The Labute approximate surface area is 146 Å². The smallest absolute Gasteiger partial charge is 0.244 e. The molecular formula is C17H25IN2O2. The van der Waals surface area contributed by atoms with E-state index in [2.05, 4.69) is 53.6 Å². The van der Waals surface area contributed by atoms with Gasteiger partial charge in [0.2, 0.25) is 5.91 Å². The molecule has 0 bridgehead atoms. The predicted molar refractivity (Wildman–Crippen MR) is 97.5 cm³/mol. The minimum absolute atomic E-state index is 0.0156. The molecule has 22 heavy (non-hydrogen) atoms. The highest BCUT2D eigenvalue weighted by Gasteiger charge is 2.30. The lowest BCUT2D eigenvalue weighted by molar-refractivity contribution is -0.117. The van der Waals surface area contributed by atoms with E-state index in [1.54, 1.807) is 6.08 Å². The zero-order chi connectivity index (χ0) is 16.2. The number of likely N-dealkylation sites (tertiary alicyclic amines) is 1. The number of rotatable bonds is 5. The predicted octanol–water partition coefficient (Wildman–Crippen LogP) is 3.52. The summed E-state index contributed by atoms with van der Waals surface area (Å²) >= 11 is 2.10. The third-order valence-electron chi connectivity index (χ3n) is 4.20. The Balaban J connectivity index is 1.82. The molecule has 4 nitrogen and oxygen atoms in total. The van der Waals surface area contributed by atoms with Crippen LogP contribution in [0.15, 0.2) is 22.6 Å². The minimum Gasteiger partial charge on any atom is -0.451 e. The fourth-order valence-electron chi connectivity index (χ4n) is 2.79. The largest absolute Gasteiger partial charge is 0.451 e. The maximum absolute atomic E-state index is 12.0. The van der Waals surface area contributed by atoms with Gasteiger partial charge in [0, 0.05) is 24.7 Å². The number of carbonyl (C=O) groups excluding carboxylic acids is 1. The van der Waals surface area contributed by atoms with Crippen molar-refractivity contribution in [3.8, 4) is 0 Å². The molecule has 1 fully saturated rings. The van der Waals surface area contributed by atoms with Crippen LogP contribution in [0, 0.1) is 9.68 Å². The van der Waals surface area contributed by atoms with Crippen LogP contribution < -0.4 is 5.32 Å². The van der Waals surface area contributed by atoms with Crippen LogP contribution in [-0.2, 0) is 4.79 Å². The fourth-order valence-corrected chi connectivity index (χ4v) is 3.22. The second kappa shape index (κ2) is 7.64.